The number of aryl methyl sites for hydroxylation is 1. The van der Waals surface area contributed by atoms with Gasteiger partial charge >= 0.3 is 6.18 Å². The van der Waals surface area contributed by atoms with Crippen LogP contribution in [0.5, 0.6) is 0 Å². The van der Waals surface area contributed by atoms with Gasteiger partial charge in [-0.05, 0) is 67.6 Å². The van der Waals surface area contributed by atoms with Crippen LogP contribution in [0.1, 0.15) is 11.3 Å². The van der Waals surface area contributed by atoms with Crippen LogP contribution < -0.4 is 5.32 Å². The summed E-state index contributed by atoms with van der Waals surface area (Å²) in [5.41, 5.74) is 1.70. The predicted octanol–water partition coefficient (Wildman–Crippen LogP) is 6.46. The first-order valence-electron chi connectivity index (χ1n) is 9.86. The molecule has 0 radical (unpaired) electrons. The van der Waals surface area contributed by atoms with Crippen molar-refractivity contribution in [2.75, 3.05) is 11.1 Å². The average molecular weight is 505 g/mol. The highest BCUT2D eigenvalue weighted by atomic mass is 32.2. The van der Waals surface area contributed by atoms with E-state index in [1.807, 2.05) is 6.92 Å². The van der Waals surface area contributed by atoms with Gasteiger partial charge in [0, 0.05) is 11.3 Å². The first-order chi connectivity index (χ1) is 16.2. The molecule has 1 N–H and O–H groups in total. The summed E-state index contributed by atoms with van der Waals surface area (Å²) in [6, 6.07) is 13.8. The van der Waals surface area contributed by atoms with Crippen LogP contribution in [0.3, 0.4) is 0 Å². The molecule has 2 heterocycles. The Balaban J connectivity index is 1.36. The lowest BCUT2D eigenvalue weighted by Crippen LogP contribution is -2.14. The number of amides is 1. The second-order valence-electron chi connectivity index (χ2n) is 7.11. The first-order valence-corrected chi connectivity index (χ1v) is 11.7. The molecule has 2 aromatic heterocycles. The molecule has 0 saturated carbocycles. The number of benzene rings is 2. The topological polar surface area (TPSA) is 67.8 Å². The Morgan fingerprint density at radius 3 is 2.32 bits per heavy atom. The van der Waals surface area contributed by atoms with Crippen LogP contribution in [-0.4, -0.2) is 26.8 Å². The number of aromatic nitrogens is 3. The summed E-state index contributed by atoms with van der Waals surface area (Å²) in [6.45, 7) is 1.86. The van der Waals surface area contributed by atoms with Crippen LogP contribution in [0.25, 0.3) is 21.1 Å². The standard InChI is InChI=1S/C23H16F4N4OS2/c1-13-21(34-22(28-13)14-2-6-16(24)7-3-14)18-10-11-20(31-30-18)33-12-19(32)29-17-8-4-15(5-9-17)23(25,26)27/h2-11H,12H2,1H3,(H,29,32). The Kier molecular flexibility index (Phi) is 6.94. The van der Waals surface area contributed by atoms with Gasteiger partial charge in [-0.1, -0.05) is 11.8 Å². The molecule has 0 aliphatic heterocycles. The minimum Gasteiger partial charge on any atom is -0.325 e. The molecule has 0 saturated heterocycles. The fourth-order valence-electron chi connectivity index (χ4n) is 2.95. The number of carbonyl (C=O) groups is 1. The second-order valence-corrected chi connectivity index (χ2v) is 9.10. The smallest absolute Gasteiger partial charge is 0.325 e. The molecule has 4 aromatic rings. The minimum atomic E-state index is -4.43. The van der Waals surface area contributed by atoms with Crippen LogP contribution >= 0.6 is 23.1 Å². The summed E-state index contributed by atoms with van der Waals surface area (Å²) in [5.74, 6) is -0.675. The number of hydrogen-bond acceptors (Lipinski definition) is 6. The molecule has 11 heteroatoms. The molecule has 34 heavy (non-hydrogen) atoms. The molecule has 0 bridgehead atoms. The zero-order chi connectivity index (χ0) is 24.3. The van der Waals surface area contributed by atoms with Crippen molar-refractivity contribution in [1.82, 2.24) is 15.2 Å². The van der Waals surface area contributed by atoms with Gasteiger partial charge in [-0.15, -0.1) is 21.5 Å². The normalized spacial score (nSPS) is 11.4. The van der Waals surface area contributed by atoms with Gasteiger partial charge in [-0.3, -0.25) is 4.79 Å². The molecule has 174 valence electrons. The lowest BCUT2D eigenvalue weighted by Gasteiger charge is -2.08. The molecule has 1 amide bonds. The zero-order valence-corrected chi connectivity index (χ0v) is 19.2. The third-order valence-electron chi connectivity index (χ3n) is 4.61. The number of thioether (sulfide) groups is 1. The Bertz CT molecular complexity index is 1290. The van der Waals surface area contributed by atoms with Crippen LogP contribution in [0.15, 0.2) is 65.7 Å². The summed E-state index contributed by atoms with van der Waals surface area (Å²) >= 11 is 2.58. The van der Waals surface area contributed by atoms with Crippen molar-refractivity contribution >= 4 is 34.7 Å². The molecule has 5 nitrogen and oxygen atoms in total. The molecule has 4 rings (SSSR count). The van der Waals surface area contributed by atoms with E-state index in [0.29, 0.717) is 10.7 Å². The lowest BCUT2D eigenvalue weighted by molar-refractivity contribution is -0.137. The van der Waals surface area contributed by atoms with E-state index in [4.69, 9.17) is 0 Å². The van der Waals surface area contributed by atoms with Crippen LogP contribution in [-0.2, 0) is 11.0 Å². The lowest BCUT2D eigenvalue weighted by atomic mass is 10.2. The van der Waals surface area contributed by atoms with Crippen LogP contribution in [0.2, 0.25) is 0 Å². The number of alkyl halides is 3. The Morgan fingerprint density at radius 2 is 1.71 bits per heavy atom. The largest absolute Gasteiger partial charge is 0.416 e. The van der Waals surface area contributed by atoms with Gasteiger partial charge in [0.25, 0.3) is 0 Å². The maximum Gasteiger partial charge on any atom is 0.416 e. The van der Waals surface area contributed by atoms with Gasteiger partial charge in [-0.25, -0.2) is 9.37 Å². The number of anilines is 1. The Labute approximate surface area is 200 Å². The van der Waals surface area contributed by atoms with Crippen molar-refractivity contribution in [1.29, 1.82) is 0 Å². The van der Waals surface area contributed by atoms with E-state index >= 15 is 0 Å². The number of halogens is 4. The fraction of sp³-hybridized carbons (Fsp3) is 0.130. The van der Waals surface area contributed by atoms with Gasteiger partial charge in [-0.2, -0.15) is 13.2 Å². The maximum atomic E-state index is 13.2. The number of carbonyl (C=O) groups excluding carboxylic acids is 1. The van der Waals surface area contributed by atoms with E-state index in [9.17, 15) is 22.4 Å². The van der Waals surface area contributed by atoms with Gasteiger partial charge in [0.05, 0.1) is 21.9 Å². The molecule has 2 aromatic carbocycles. The highest BCUT2D eigenvalue weighted by molar-refractivity contribution is 7.99. The van der Waals surface area contributed by atoms with Crippen LogP contribution in [0, 0.1) is 12.7 Å². The number of rotatable bonds is 6. The van der Waals surface area contributed by atoms with E-state index in [1.54, 1.807) is 24.3 Å². The second kappa shape index (κ2) is 9.90. The summed E-state index contributed by atoms with van der Waals surface area (Å²) in [6.07, 6.45) is -4.43. The quantitative estimate of drug-likeness (QED) is 0.241. The van der Waals surface area contributed by atoms with Crippen molar-refractivity contribution in [3.63, 3.8) is 0 Å². The number of hydrogen-bond donors (Lipinski definition) is 1. The molecule has 0 atom stereocenters. The molecule has 0 fully saturated rings. The van der Waals surface area contributed by atoms with E-state index in [1.165, 1.54) is 35.6 Å². The SMILES string of the molecule is Cc1nc(-c2ccc(F)cc2)sc1-c1ccc(SCC(=O)Nc2ccc(C(F)(F)F)cc2)nn1. The highest BCUT2D eigenvalue weighted by Gasteiger charge is 2.30. The van der Waals surface area contributed by atoms with Crippen molar-refractivity contribution in [3.8, 4) is 21.1 Å². The summed E-state index contributed by atoms with van der Waals surface area (Å²) in [5, 5.41) is 12.2. The monoisotopic (exact) mass is 504 g/mol. The Morgan fingerprint density at radius 1 is 1.00 bits per heavy atom. The van der Waals surface area contributed by atoms with E-state index in [2.05, 4.69) is 20.5 Å². The van der Waals surface area contributed by atoms with Crippen molar-refractivity contribution in [3.05, 3.63) is 77.7 Å². The van der Waals surface area contributed by atoms with Crippen LogP contribution in [0.4, 0.5) is 23.2 Å². The van der Waals surface area contributed by atoms with Gasteiger partial charge in [0.2, 0.25) is 5.91 Å². The number of thiazole rings is 1. The van der Waals surface area contributed by atoms with E-state index < -0.39 is 11.7 Å². The molecule has 0 spiro atoms. The van der Waals surface area contributed by atoms with E-state index in [-0.39, 0.29) is 23.2 Å². The Hall–Kier alpha value is -3.31. The average Bonchev–Trinajstić information content (AvgIpc) is 3.20. The van der Waals surface area contributed by atoms with Gasteiger partial charge < -0.3 is 5.32 Å². The third kappa shape index (κ3) is 5.78. The van der Waals surface area contributed by atoms with Crippen molar-refractivity contribution in [2.45, 2.75) is 18.1 Å². The predicted molar refractivity (Wildman–Crippen MR) is 124 cm³/mol. The van der Waals surface area contributed by atoms with Crippen molar-refractivity contribution < 1.29 is 22.4 Å². The molecular weight excluding hydrogens is 488 g/mol. The molecular formula is C23H16F4N4OS2. The molecule has 0 aliphatic carbocycles. The van der Waals surface area contributed by atoms with Gasteiger partial charge in [0.1, 0.15) is 21.5 Å². The summed E-state index contributed by atoms with van der Waals surface area (Å²) in [7, 11) is 0. The van der Waals surface area contributed by atoms with Crippen molar-refractivity contribution in [2.24, 2.45) is 0 Å². The van der Waals surface area contributed by atoms with E-state index in [0.717, 1.165) is 45.0 Å². The number of nitrogens with one attached hydrogen (secondary N) is 1. The fourth-order valence-corrected chi connectivity index (χ4v) is 4.60. The maximum absolute atomic E-state index is 13.2. The third-order valence-corrected chi connectivity index (χ3v) is 6.76. The molecule has 0 aliphatic rings. The zero-order valence-electron chi connectivity index (χ0n) is 17.6. The first kappa shape index (κ1) is 23.8. The molecule has 0 unspecified atom stereocenters. The number of nitrogens with zero attached hydrogens (tertiary/aromatic N) is 3. The highest BCUT2D eigenvalue weighted by Crippen LogP contribution is 2.34. The van der Waals surface area contributed by atoms with Gasteiger partial charge in [0.15, 0.2) is 0 Å². The summed E-state index contributed by atoms with van der Waals surface area (Å²) < 4.78 is 51.0. The summed E-state index contributed by atoms with van der Waals surface area (Å²) in [4.78, 5) is 17.5. The minimum absolute atomic E-state index is 0.0172.